The van der Waals surface area contributed by atoms with Crippen LogP contribution in [0.2, 0.25) is 0 Å². The van der Waals surface area contributed by atoms with Crippen molar-refractivity contribution in [3.05, 3.63) is 29.8 Å². The van der Waals surface area contributed by atoms with Gasteiger partial charge in [0, 0.05) is 25.9 Å². The van der Waals surface area contributed by atoms with Gasteiger partial charge in [-0.1, -0.05) is 12.1 Å². The Morgan fingerprint density at radius 3 is 2.35 bits per heavy atom. The Morgan fingerprint density at radius 1 is 1.22 bits per heavy atom. The van der Waals surface area contributed by atoms with Crippen LogP contribution >= 0.6 is 0 Å². The fraction of sp³-hybridized carbons (Fsp3) is 0.611. The lowest BCUT2D eigenvalue weighted by atomic mass is 10.1. The van der Waals surface area contributed by atoms with Gasteiger partial charge in [0.25, 0.3) is 0 Å². The van der Waals surface area contributed by atoms with Crippen LogP contribution in [0.3, 0.4) is 0 Å². The number of amides is 1. The largest absolute Gasteiger partial charge is 0.490 e. The summed E-state index contributed by atoms with van der Waals surface area (Å²) < 4.78 is 11.4. The third kappa shape index (κ3) is 5.75. The summed E-state index contributed by atoms with van der Waals surface area (Å²) in [6.45, 7) is 7.65. The van der Waals surface area contributed by atoms with Gasteiger partial charge in [-0.3, -0.25) is 0 Å². The number of hydrogen-bond donors (Lipinski definition) is 1. The Balaban J connectivity index is 1.79. The van der Waals surface area contributed by atoms with Crippen molar-refractivity contribution in [2.45, 2.75) is 51.7 Å². The molecule has 0 bridgehead atoms. The molecule has 23 heavy (non-hydrogen) atoms. The zero-order valence-electron chi connectivity index (χ0n) is 14.4. The van der Waals surface area contributed by atoms with E-state index in [2.05, 4.69) is 12.1 Å². The summed E-state index contributed by atoms with van der Waals surface area (Å²) >= 11 is 0. The Kier molecular flexibility index (Phi) is 5.88. The molecule has 0 atom stereocenters. The maximum absolute atomic E-state index is 12.0. The van der Waals surface area contributed by atoms with Crippen molar-refractivity contribution in [2.24, 2.45) is 5.73 Å². The number of benzene rings is 1. The fourth-order valence-corrected chi connectivity index (χ4v) is 2.58. The van der Waals surface area contributed by atoms with Crippen molar-refractivity contribution >= 4 is 6.09 Å². The molecule has 0 saturated carbocycles. The van der Waals surface area contributed by atoms with Crippen LogP contribution in [-0.4, -0.2) is 42.3 Å². The van der Waals surface area contributed by atoms with Gasteiger partial charge in [-0.05, 0) is 51.4 Å². The molecule has 1 aromatic carbocycles. The standard InChI is InChI=1S/C18H28N2O3/c1-18(2,3)23-17(21)20-12-9-16(10-13-20)22-15-6-4-14(5-7-15)8-11-19/h4-7,16H,8-13,19H2,1-3H3. The lowest BCUT2D eigenvalue weighted by Gasteiger charge is -2.33. The Labute approximate surface area is 138 Å². The molecule has 1 saturated heterocycles. The average molecular weight is 320 g/mol. The van der Waals surface area contributed by atoms with Gasteiger partial charge in [0.15, 0.2) is 0 Å². The van der Waals surface area contributed by atoms with Gasteiger partial charge in [0.05, 0.1) is 0 Å². The molecule has 1 fully saturated rings. The fourth-order valence-electron chi connectivity index (χ4n) is 2.58. The first-order valence-corrected chi connectivity index (χ1v) is 8.31. The number of hydrogen-bond acceptors (Lipinski definition) is 4. The lowest BCUT2D eigenvalue weighted by molar-refractivity contribution is 0.0126. The number of rotatable bonds is 4. The van der Waals surface area contributed by atoms with Crippen molar-refractivity contribution in [1.29, 1.82) is 0 Å². The van der Waals surface area contributed by atoms with E-state index in [1.54, 1.807) is 4.90 Å². The zero-order valence-corrected chi connectivity index (χ0v) is 14.4. The van der Waals surface area contributed by atoms with E-state index in [-0.39, 0.29) is 12.2 Å². The molecule has 0 radical (unpaired) electrons. The molecule has 128 valence electrons. The molecule has 5 nitrogen and oxygen atoms in total. The summed E-state index contributed by atoms with van der Waals surface area (Å²) in [5, 5.41) is 0. The van der Waals surface area contributed by atoms with Gasteiger partial charge >= 0.3 is 6.09 Å². The van der Waals surface area contributed by atoms with Crippen LogP contribution in [0.1, 0.15) is 39.2 Å². The van der Waals surface area contributed by atoms with Crippen molar-refractivity contribution < 1.29 is 14.3 Å². The maximum Gasteiger partial charge on any atom is 0.410 e. The molecule has 1 heterocycles. The number of ether oxygens (including phenoxy) is 2. The van der Waals surface area contributed by atoms with Gasteiger partial charge in [-0.25, -0.2) is 4.79 Å². The van der Waals surface area contributed by atoms with Crippen LogP contribution in [0.5, 0.6) is 5.75 Å². The molecule has 5 heteroatoms. The van der Waals surface area contributed by atoms with E-state index in [0.717, 1.165) is 25.0 Å². The monoisotopic (exact) mass is 320 g/mol. The minimum Gasteiger partial charge on any atom is -0.490 e. The number of carbonyl (C=O) groups excluding carboxylic acids is 1. The van der Waals surface area contributed by atoms with Crippen molar-refractivity contribution in [3.8, 4) is 5.75 Å². The minimum atomic E-state index is -0.449. The predicted octanol–water partition coefficient (Wildman–Crippen LogP) is 2.97. The molecule has 0 aliphatic carbocycles. The van der Waals surface area contributed by atoms with Crippen LogP contribution in [0, 0.1) is 0 Å². The van der Waals surface area contributed by atoms with E-state index < -0.39 is 5.60 Å². The summed E-state index contributed by atoms with van der Waals surface area (Å²) in [4.78, 5) is 13.8. The molecule has 1 aliphatic rings. The molecule has 1 aromatic rings. The van der Waals surface area contributed by atoms with Crippen LogP contribution in [0.15, 0.2) is 24.3 Å². The van der Waals surface area contributed by atoms with E-state index in [1.165, 1.54) is 5.56 Å². The van der Waals surface area contributed by atoms with E-state index >= 15 is 0 Å². The molecule has 0 unspecified atom stereocenters. The second-order valence-electron chi connectivity index (χ2n) is 6.97. The highest BCUT2D eigenvalue weighted by Gasteiger charge is 2.27. The molecule has 1 aliphatic heterocycles. The topological polar surface area (TPSA) is 64.8 Å². The molecular formula is C18H28N2O3. The maximum atomic E-state index is 12.0. The third-order valence-corrected chi connectivity index (χ3v) is 3.75. The minimum absolute atomic E-state index is 0.147. The summed E-state index contributed by atoms with van der Waals surface area (Å²) in [7, 11) is 0. The van der Waals surface area contributed by atoms with Gasteiger partial charge in [-0.2, -0.15) is 0 Å². The first-order valence-electron chi connectivity index (χ1n) is 8.31. The van der Waals surface area contributed by atoms with Gasteiger partial charge < -0.3 is 20.1 Å². The van der Waals surface area contributed by atoms with E-state index in [9.17, 15) is 4.79 Å². The normalized spacial score (nSPS) is 16.3. The van der Waals surface area contributed by atoms with Gasteiger partial charge in [-0.15, -0.1) is 0 Å². The lowest BCUT2D eigenvalue weighted by Crippen LogP contribution is -2.44. The number of likely N-dealkylation sites (tertiary alicyclic amines) is 1. The zero-order chi connectivity index (χ0) is 16.9. The summed E-state index contributed by atoms with van der Waals surface area (Å²) in [6, 6.07) is 8.09. The van der Waals surface area contributed by atoms with Crippen LogP contribution in [0.4, 0.5) is 4.79 Å². The SMILES string of the molecule is CC(C)(C)OC(=O)N1CCC(Oc2ccc(CCN)cc2)CC1. The Bertz CT molecular complexity index is 500. The van der Waals surface area contributed by atoms with Gasteiger partial charge in [0.2, 0.25) is 0 Å². The second-order valence-corrected chi connectivity index (χ2v) is 6.97. The molecule has 2 rings (SSSR count). The quantitative estimate of drug-likeness (QED) is 0.926. The highest BCUT2D eigenvalue weighted by molar-refractivity contribution is 5.68. The smallest absolute Gasteiger partial charge is 0.410 e. The van der Waals surface area contributed by atoms with E-state index in [4.69, 9.17) is 15.2 Å². The average Bonchev–Trinajstić information content (AvgIpc) is 2.48. The Hall–Kier alpha value is -1.75. The first kappa shape index (κ1) is 17.6. The van der Waals surface area contributed by atoms with Crippen LogP contribution < -0.4 is 10.5 Å². The van der Waals surface area contributed by atoms with Crippen molar-refractivity contribution in [3.63, 3.8) is 0 Å². The summed E-state index contributed by atoms with van der Waals surface area (Å²) in [6.07, 6.45) is 2.44. The molecule has 2 N–H and O–H groups in total. The predicted molar refractivity (Wildman–Crippen MR) is 90.7 cm³/mol. The molecule has 1 amide bonds. The van der Waals surface area contributed by atoms with Crippen LogP contribution in [-0.2, 0) is 11.2 Å². The van der Waals surface area contributed by atoms with Gasteiger partial charge in [0.1, 0.15) is 17.5 Å². The third-order valence-electron chi connectivity index (χ3n) is 3.75. The number of nitrogens with zero attached hydrogens (tertiary/aromatic N) is 1. The van der Waals surface area contributed by atoms with Crippen molar-refractivity contribution in [2.75, 3.05) is 19.6 Å². The number of nitrogens with two attached hydrogens (primary N) is 1. The highest BCUT2D eigenvalue weighted by Crippen LogP contribution is 2.21. The summed E-state index contributed by atoms with van der Waals surface area (Å²) in [5.74, 6) is 0.876. The highest BCUT2D eigenvalue weighted by atomic mass is 16.6. The van der Waals surface area contributed by atoms with E-state index in [0.29, 0.717) is 19.6 Å². The summed E-state index contributed by atoms with van der Waals surface area (Å²) in [5.41, 5.74) is 6.32. The van der Waals surface area contributed by atoms with Crippen molar-refractivity contribution in [1.82, 2.24) is 4.90 Å². The molecule has 0 spiro atoms. The van der Waals surface area contributed by atoms with Crippen LogP contribution in [0.25, 0.3) is 0 Å². The second kappa shape index (κ2) is 7.68. The molecular weight excluding hydrogens is 292 g/mol. The Morgan fingerprint density at radius 2 is 1.83 bits per heavy atom. The molecule has 0 aromatic heterocycles. The van der Waals surface area contributed by atoms with E-state index in [1.807, 2.05) is 32.9 Å². The number of piperidine rings is 1. The first-order chi connectivity index (χ1) is 10.9. The number of carbonyl (C=O) groups is 1.